The highest BCUT2D eigenvalue weighted by molar-refractivity contribution is 5.91. The topological polar surface area (TPSA) is 58.6 Å². The second kappa shape index (κ2) is 5.74. The third-order valence-electron chi connectivity index (χ3n) is 1.14. The first-order chi connectivity index (χ1) is 5.57. The van der Waals surface area contributed by atoms with Crippen LogP contribution < -0.4 is 5.48 Å². The molecule has 0 aromatic heterocycles. The van der Waals surface area contributed by atoms with Crippen LogP contribution in [0.3, 0.4) is 0 Å². The Bertz CT molecular complexity index is 175. The van der Waals surface area contributed by atoms with Crippen molar-refractivity contribution < 1.29 is 14.7 Å². The molecule has 4 heteroatoms. The number of rotatable bonds is 4. The van der Waals surface area contributed by atoms with Crippen LogP contribution in [0, 0.1) is 0 Å². The number of aliphatic hydroxyl groups excluding tert-OH is 1. The van der Waals surface area contributed by atoms with Gasteiger partial charge in [-0.05, 0) is 20.8 Å². The maximum Gasteiger partial charge on any atom is 0.270 e. The van der Waals surface area contributed by atoms with Crippen molar-refractivity contribution in [1.29, 1.82) is 0 Å². The monoisotopic (exact) mass is 173 g/mol. The van der Waals surface area contributed by atoms with Gasteiger partial charge in [-0.25, -0.2) is 5.48 Å². The van der Waals surface area contributed by atoms with Crippen molar-refractivity contribution >= 4 is 5.91 Å². The number of carbonyl (C=O) groups excluding carboxylic acids is 1. The summed E-state index contributed by atoms with van der Waals surface area (Å²) < 4.78 is 0. The Morgan fingerprint density at radius 1 is 1.67 bits per heavy atom. The molecule has 1 amide bonds. The van der Waals surface area contributed by atoms with Crippen molar-refractivity contribution in [2.24, 2.45) is 0 Å². The second-order valence-corrected chi connectivity index (χ2v) is 2.67. The van der Waals surface area contributed by atoms with Crippen LogP contribution in [0.25, 0.3) is 0 Å². The Morgan fingerprint density at radius 2 is 2.25 bits per heavy atom. The molecule has 0 spiro atoms. The molecule has 0 bridgehead atoms. The first-order valence-electron chi connectivity index (χ1n) is 3.81. The van der Waals surface area contributed by atoms with E-state index in [1.54, 1.807) is 6.92 Å². The predicted octanol–water partition coefficient (Wildman–Crippen LogP) is 0.381. The summed E-state index contributed by atoms with van der Waals surface area (Å²) in [5.41, 5.74) is 2.69. The van der Waals surface area contributed by atoms with E-state index >= 15 is 0 Å². The standard InChI is InChI=1S/C8H15NO3/c1-6(2)12-9-8(11)7(3)4-5-10/h4,6,10H,5H2,1-3H3,(H,9,11). The molecule has 0 heterocycles. The highest BCUT2D eigenvalue weighted by Gasteiger charge is 2.03. The van der Waals surface area contributed by atoms with E-state index in [1.165, 1.54) is 6.08 Å². The largest absolute Gasteiger partial charge is 0.392 e. The van der Waals surface area contributed by atoms with Crippen LogP contribution in [0.5, 0.6) is 0 Å². The molecule has 0 aliphatic carbocycles. The number of carbonyl (C=O) groups is 1. The number of hydrogen-bond acceptors (Lipinski definition) is 3. The van der Waals surface area contributed by atoms with Crippen LogP contribution in [-0.4, -0.2) is 23.7 Å². The summed E-state index contributed by atoms with van der Waals surface area (Å²) >= 11 is 0. The van der Waals surface area contributed by atoms with Gasteiger partial charge in [0.15, 0.2) is 0 Å². The lowest BCUT2D eigenvalue weighted by Crippen LogP contribution is -2.27. The molecule has 0 unspecified atom stereocenters. The zero-order chi connectivity index (χ0) is 9.56. The Balaban J connectivity index is 3.80. The molecule has 70 valence electrons. The number of hydrogen-bond donors (Lipinski definition) is 2. The molecule has 0 radical (unpaired) electrons. The zero-order valence-corrected chi connectivity index (χ0v) is 7.63. The lowest BCUT2D eigenvalue weighted by Gasteiger charge is -2.07. The summed E-state index contributed by atoms with van der Waals surface area (Å²) in [7, 11) is 0. The number of amides is 1. The summed E-state index contributed by atoms with van der Waals surface area (Å²) in [6, 6.07) is 0. The van der Waals surface area contributed by atoms with Crippen LogP contribution in [0.4, 0.5) is 0 Å². The van der Waals surface area contributed by atoms with Crippen molar-refractivity contribution in [3.63, 3.8) is 0 Å². The van der Waals surface area contributed by atoms with E-state index in [0.29, 0.717) is 5.57 Å². The average molecular weight is 173 g/mol. The minimum absolute atomic E-state index is 0.0455. The summed E-state index contributed by atoms with van der Waals surface area (Å²) in [5, 5.41) is 8.47. The lowest BCUT2D eigenvalue weighted by molar-refractivity contribution is -0.132. The van der Waals surface area contributed by atoms with Gasteiger partial charge >= 0.3 is 0 Å². The maximum absolute atomic E-state index is 11.0. The van der Waals surface area contributed by atoms with Gasteiger partial charge in [0, 0.05) is 5.57 Å². The fraction of sp³-hybridized carbons (Fsp3) is 0.625. The maximum atomic E-state index is 11.0. The molecular weight excluding hydrogens is 158 g/mol. The molecule has 0 aromatic rings. The van der Waals surface area contributed by atoms with Gasteiger partial charge in [-0.3, -0.25) is 9.63 Å². The fourth-order valence-corrected chi connectivity index (χ4v) is 0.481. The smallest absolute Gasteiger partial charge is 0.270 e. The Morgan fingerprint density at radius 3 is 2.67 bits per heavy atom. The van der Waals surface area contributed by atoms with E-state index in [0.717, 1.165) is 0 Å². The summed E-state index contributed by atoms with van der Waals surface area (Å²) in [6.07, 6.45) is 1.37. The lowest BCUT2D eigenvalue weighted by atomic mass is 10.3. The molecule has 0 fully saturated rings. The number of nitrogens with one attached hydrogen (secondary N) is 1. The van der Waals surface area contributed by atoms with E-state index in [1.807, 2.05) is 13.8 Å². The summed E-state index contributed by atoms with van der Waals surface area (Å²) in [4.78, 5) is 15.9. The summed E-state index contributed by atoms with van der Waals surface area (Å²) in [5.74, 6) is -0.322. The van der Waals surface area contributed by atoms with Crippen molar-refractivity contribution in [3.05, 3.63) is 11.6 Å². The van der Waals surface area contributed by atoms with E-state index in [4.69, 9.17) is 9.94 Å². The van der Waals surface area contributed by atoms with Gasteiger partial charge in [0.2, 0.25) is 0 Å². The van der Waals surface area contributed by atoms with E-state index in [9.17, 15) is 4.79 Å². The Hall–Kier alpha value is -0.870. The molecule has 0 saturated heterocycles. The van der Waals surface area contributed by atoms with Gasteiger partial charge in [0.25, 0.3) is 5.91 Å². The van der Waals surface area contributed by atoms with Gasteiger partial charge in [-0.2, -0.15) is 0 Å². The van der Waals surface area contributed by atoms with Crippen molar-refractivity contribution in [2.45, 2.75) is 26.9 Å². The molecule has 0 atom stereocenters. The van der Waals surface area contributed by atoms with Gasteiger partial charge < -0.3 is 5.11 Å². The predicted molar refractivity (Wildman–Crippen MR) is 45.2 cm³/mol. The van der Waals surface area contributed by atoms with Crippen LogP contribution in [0.2, 0.25) is 0 Å². The third kappa shape index (κ3) is 4.87. The molecule has 0 aliphatic rings. The highest BCUT2D eigenvalue weighted by atomic mass is 16.7. The van der Waals surface area contributed by atoms with E-state index in [2.05, 4.69) is 5.48 Å². The molecule has 4 nitrogen and oxygen atoms in total. The van der Waals surface area contributed by atoms with Crippen LogP contribution in [0.15, 0.2) is 11.6 Å². The minimum atomic E-state index is -0.322. The van der Waals surface area contributed by atoms with Gasteiger partial charge in [-0.15, -0.1) is 0 Å². The normalized spacial score (nSPS) is 11.9. The van der Waals surface area contributed by atoms with Crippen LogP contribution in [0.1, 0.15) is 20.8 Å². The first kappa shape index (κ1) is 11.1. The molecule has 0 rings (SSSR count). The Kier molecular flexibility index (Phi) is 5.32. The number of hydroxylamine groups is 1. The van der Waals surface area contributed by atoms with Gasteiger partial charge in [0.1, 0.15) is 0 Å². The average Bonchev–Trinajstić information content (AvgIpc) is 2.00. The molecule has 0 saturated carbocycles. The van der Waals surface area contributed by atoms with E-state index in [-0.39, 0.29) is 18.6 Å². The first-order valence-corrected chi connectivity index (χ1v) is 3.81. The van der Waals surface area contributed by atoms with Crippen LogP contribution in [-0.2, 0) is 9.63 Å². The SMILES string of the molecule is CC(=CCO)C(=O)NOC(C)C. The van der Waals surface area contributed by atoms with Crippen LogP contribution >= 0.6 is 0 Å². The molecule has 12 heavy (non-hydrogen) atoms. The molecule has 2 N–H and O–H groups in total. The zero-order valence-electron chi connectivity index (χ0n) is 7.63. The fourth-order valence-electron chi connectivity index (χ4n) is 0.481. The highest BCUT2D eigenvalue weighted by Crippen LogP contribution is 1.92. The molecule has 0 aliphatic heterocycles. The number of aliphatic hydroxyl groups is 1. The van der Waals surface area contributed by atoms with Crippen molar-refractivity contribution in [2.75, 3.05) is 6.61 Å². The quantitative estimate of drug-likeness (QED) is 0.477. The molecule has 0 aromatic carbocycles. The third-order valence-corrected chi connectivity index (χ3v) is 1.14. The minimum Gasteiger partial charge on any atom is -0.392 e. The van der Waals surface area contributed by atoms with Crippen molar-refractivity contribution in [3.8, 4) is 0 Å². The second-order valence-electron chi connectivity index (χ2n) is 2.67. The molecular formula is C8H15NO3. The van der Waals surface area contributed by atoms with E-state index < -0.39 is 0 Å². The van der Waals surface area contributed by atoms with Crippen molar-refractivity contribution in [1.82, 2.24) is 5.48 Å². The summed E-state index contributed by atoms with van der Waals surface area (Å²) in [6.45, 7) is 5.09. The Labute approximate surface area is 72.2 Å². The van der Waals surface area contributed by atoms with Gasteiger partial charge in [0.05, 0.1) is 12.7 Å². The van der Waals surface area contributed by atoms with Gasteiger partial charge in [-0.1, -0.05) is 6.08 Å².